The number of benzene rings is 1. The molecule has 2 rings (SSSR count). The fraction of sp³-hybridized carbons (Fsp3) is 0.588. The number of aromatic nitrogens is 2. The minimum atomic E-state index is 0.446. The molecule has 1 aromatic heterocycles. The third-order valence-electron chi connectivity index (χ3n) is 3.75. The normalized spacial score (nSPS) is 13.2. The predicted octanol–water partition coefficient (Wildman–Crippen LogP) is 2.53. The summed E-state index contributed by atoms with van der Waals surface area (Å²) in [5.41, 5.74) is 2.35. The standard InChI is InChI=1S/C17H28N4/c1-5-11-18-14(13-20(3)4)12-17-19-15-9-7-8-10-16(15)21(17)6-2/h7-10,14,18H,5-6,11-13H2,1-4H3. The summed E-state index contributed by atoms with van der Waals surface area (Å²) < 4.78 is 2.34. The van der Waals surface area contributed by atoms with Gasteiger partial charge in [-0.15, -0.1) is 0 Å². The molecule has 0 saturated carbocycles. The average Bonchev–Trinajstić information content (AvgIpc) is 2.81. The van der Waals surface area contributed by atoms with Gasteiger partial charge in [0.05, 0.1) is 11.0 Å². The fourth-order valence-corrected chi connectivity index (χ4v) is 2.84. The SMILES string of the molecule is CCCNC(Cc1nc2ccccc2n1CC)CN(C)C. The van der Waals surface area contributed by atoms with Gasteiger partial charge in [0.2, 0.25) is 0 Å². The first-order valence-corrected chi connectivity index (χ1v) is 7.98. The molecule has 4 heteroatoms. The van der Waals surface area contributed by atoms with Crippen LogP contribution in [0.3, 0.4) is 0 Å². The van der Waals surface area contributed by atoms with E-state index in [1.54, 1.807) is 0 Å². The highest BCUT2D eigenvalue weighted by molar-refractivity contribution is 5.75. The van der Waals surface area contributed by atoms with Gasteiger partial charge >= 0.3 is 0 Å². The van der Waals surface area contributed by atoms with E-state index in [1.807, 2.05) is 0 Å². The molecule has 0 aliphatic carbocycles. The Balaban J connectivity index is 2.22. The minimum Gasteiger partial charge on any atom is -0.328 e. The quantitative estimate of drug-likeness (QED) is 0.810. The van der Waals surface area contributed by atoms with Crippen molar-refractivity contribution in [3.63, 3.8) is 0 Å². The predicted molar refractivity (Wildman–Crippen MR) is 89.7 cm³/mol. The Morgan fingerprint density at radius 1 is 1.24 bits per heavy atom. The zero-order chi connectivity index (χ0) is 15.2. The number of likely N-dealkylation sites (N-methyl/N-ethyl adjacent to an activating group) is 1. The van der Waals surface area contributed by atoms with Gasteiger partial charge < -0.3 is 14.8 Å². The van der Waals surface area contributed by atoms with Gasteiger partial charge in [0, 0.05) is 25.6 Å². The Hall–Kier alpha value is -1.39. The Labute approximate surface area is 128 Å². The van der Waals surface area contributed by atoms with E-state index in [0.717, 1.165) is 38.0 Å². The summed E-state index contributed by atoms with van der Waals surface area (Å²) >= 11 is 0. The largest absolute Gasteiger partial charge is 0.328 e. The van der Waals surface area contributed by atoms with Crippen LogP contribution in [0.2, 0.25) is 0 Å². The van der Waals surface area contributed by atoms with E-state index in [4.69, 9.17) is 4.98 Å². The molecule has 0 aliphatic rings. The lowest BCUT2D eigenvalue weighted by Crippen LogP contribution is -2.40. The molecule has 1 aromatic carbocycles. The highest BCUT2D eigenvalue weighted by Crippen LogP contribution is 2.17. The van der Waals surface area contributed by atoms with Crippen LogP contribution in [-0.2, 0) is 13.0 Å². The molecular weight excluding hydrogens is 260 g/mol. The van der Waals surface area contributed by atoms with Crippen molar-refractivity contribution in [1.29, 1.82) is 0 Å². The molecule has 0 bridgehead atoms. The van der Waals surface area contributed by atoms with Gasteiger partial charge in [-0.25, -0.2) is 4.98 Å². The third kappa shape index (κ3) is 4.05. The average molecular weight is 288 g/mol. The van der Waals surface area contributed by atoms with Gasteiger partial charge in [-0.1, -0.05) is 19.1 Å². The fourth-order valence-electron chi connectivity index (χ4n) is 2.84. The summed E-state index contributed by atoms with van der Waals surface area (Å²) in [4.78, 5) is 7.09. The van der Waals surface area contributed by atoms with Gasteiger partial charge in [0.25, 0.3) is 0 Å². The van der Waals surface area contributed by atoms with E-state index in [2.05, 4.69) is 67.0 Å². The second-order valence-corrected chi connectivity index (χ2v) is 5.88. The highest BCUT2D eigenvalue weighted by atomic mass is 15.1. The molecule has 1 unspecified atom stereocenters. The minimum absolute atomic E-state index is 0.446. The molecule has 0 radical (unpaired) electrons. The van der Waals surface area contributed by atoms with Crippen LogP contribution in [0.1, 0.15) is 26.1 Å². The maximum absolute atomic E-state index is 4.84. The van der Waals surface area contributed by atoms with Gasteiger partial charge in [-0.2, -0.15) is 0 Å². The summed E-state index contributed by atoms with van der Waals surface area (Å²) in [6.07, 6.45) is 2.13. The molecule has 0 aliphatic heterocycles. The molecule has 116 valence electrons. The maximum atomic E-state index is 4.84. The smallest absolute Gasteiger partial charge is 0.111 e. The van der Waals surface area contributed by atoms with Crippen molar-refractivity contribution in [2.75, 3.05) is 27.2 Å². The van der Waals surface area contributed by atoms with Crippen molar-refractivity contribution in [3.8, 4) is 0 Å². The molecule has 1 heterocycles. The van der Waals surface area contributed by atoms with E-state index < -0.39 is 0 Å². The number of hydrogen-bond acceptors (Lipinski definition) is 3. The van der Waals surface area contributed by atoms with Crippen LogP contribution in [0.4, 0.5) is 0 Å². The summed E-state index contributed by atoms with van der Waals surface area (Å²) in [7, 11) is 4.26. The number of nitrogens with zero attached hydrogens (tertiary/aromatic N) is 3. The molecular formula is C17H28N4. The highest BCUT2D eigenvalue weighted by Gasteiger charge is 2.15. The molecule has 0 saturated heterocycles. The number of aryl methyl sites for hydroxylation is 1. The molecule has 0 fully saturated rings. The number of para-hydroxylation sites is 2. The topological polar surface area (TPSA) is 33.1 Å². The lowest BCUT2D eigenvalue weighted by molar-refractivity contribution is 0.332. The van der Waals surface area contributed by atoms with E-state index in [-0.39, 0.29) is 0 Å². The maximum Gasteiger partial charge on any atom is 0.111 e. The van der Waals surface area contributed by atoms with E-state index in [9.17, 15) is 0 Å². The molecule has 0 spiro atoms. The zero-order valence-electron chi connectivity index (χ0n) is 13.8. The third-order valence-corrected chi connectivity index (χ3v) is 3.75. The molecule has 1 N–H and O–H groups in total. The number of nitrogens with one attached hydrogen (secondary N) is 1. The van der Waals surface area contributed by atoms with Crippen molar-refractivity contribution in [1.82, 2.24) is 19.8 Å². The van der Waals surface area contributed by atoms with Crippen LogP contribution in [0.15, 0.2) is 24.3 Å². The monoisotopic (exact) mass is 288 g/mol. The number of rotatable bonds is 8. The van der Waals surface area contributed by atoms with E-state index in [0.29, 0.717) is 6.04 Å². The first kappa shape index (κ1) is 16.0. The van der Waals surface area contributed by atoms with Crippen molar-refractivity contribution >= 4 is 11.0 Å². The molecule has 2 aromatic rings. The Kier molecular flexibility index (Phi) is 5.76. The summed E-state index contributed by atoms with van der Waals surface area (Å²) in [6, 6.07) is 8.86. The van der Waals surface area contributed by atoms with Crippen LogP contribution in [0, 0.1) is 0 Å². The van der Waals surface area contributed by atoms with Gasteiger partial charge in [0.15, 0.2) is 0 Å². The van der Waals surface area contributed by atoms with E-state index >= 15 is 0 Å². The Morgan fingerprint density at radius 3 is 2.67 bits per heavy atom. The molecule has 21 heavy (non-hydrogen) atoms. The second-order valence-electron chi connectivity index (χ2n) is 5.88. The van der Waals surface area contributed by atoms with Gasteiger partial charge in [-0.3, -0.25) is 0 Å². The van der Waals surface area contributed by atoms with Crippen LogP contribution >= 0.6 is 0 Å². The van der Waals surface area contributed by atoms with Crippen LogP contribution in [0.5, 0.6) is 0 Å². The molecule has 1 atom stereocenters. The van der Waals surface area contributed by atoms with Crippen LogP contribution in [0.25, 0.3) is 11.0 Å². The van der Waals surface area contributed by atoms with Crippen molar-refractivity contribution < 1.29 is 0 Å². The first-order valence-electron chi connectivity index (χ1n) is 7.98. The van der Waals surface area contributed by atoms with Gasteiger partial charge in [0.1, 0.15) is 5.82 Å². The number of imidazole rings is 1. The van der Waals surface area contributed by atoms with Crippen LogP contribution < -0.4 is 5.32 Å². The van der Waals surface area contributed by atoms with Crippen molar-refractivity contribution in [2.45, 2.75) is 39.3 Å². The van der Waals surface area contributed by atoms with Gasteiger partial charge in [-0.05, 0) is 46.1 Å². The summed E-state index contributed by atoms with van der Waals surface area (Å²) in [5.74, 6) is 1.19. The second kappa shape index (κ2) is 7.57. The summed E-state index contributed by atoms with van der Waals surface area (Å²) in [6.45, 7) is 7.47. The zero-order valence-corrected chi connectivity index (χ0v) is 13.8. The number of hydrogen-bond donors (Lipinski definition) is 1. The first-order chi connectivity index (χ1) is 10.2. The molecule has 4 nitrogen and oxygen atoms in total. The number of fused-ring (bicyclic) bond motifs is 1. The lowest BCUT2D eigenvalue weighted by atomic mass is 10.1. The Morgan fingerprint density at radius 2 is 2.00 bits per heavy atom. The van der Waals surface area contributed by atoms with E-state index in [1.165, 1.54) is 11.3 Å². The summed E-state index contributed by atoms with van der Waals surface area (Å²) in [5, 5.41) is 3.65. The van der Waals surface area contributed by atoms with Crippen LogP contribution in [-0.4, -0.2) is 47.7 Å². The lowest BCUT2D eigenvalue weighted by Gasteiger charge is -2.22. The van der Waals surface area contributed by atoms with Crippen molar-refractivity contribution in [3.05, 3.63) is 30.1 Å². The molecule has 0 amide bonds. The Bertz CT molecular complexity index is 559. The van der Waals surface area contributed by atoms with Crippen molar-refractivity contribution in [2.24, 2.45) is 0 Å².